The molecule has 2 saturated carbocycles. The van der Waals surface area contributed by atoms with E-state index in [-0.39, 0.29) is 0 Å². The summed E-state index contributed by atoms with van der Waals surface area (Å²) in [6, 6.07) is 6.44. The minimum atomic E-state index is 0.670. The molecule has 2 unspecified atom stereocenters. The van der Waals surface area contributed by atoms with E-state index in [2.05, 4.69) is 35.9 Å². The molecule has 0 saturated heterocycles. The van der Waals surface area contributed by atoms with Crippen LogP contribution in [0.5, 0.6) is 0 Å². The topological polar surface area (TPSA) is 25.8 Å². The van der Waals surface area contributed by atoms with E-state index < -0.39 is 0 Å². The Kier molecular flexibility index (Phi) is 3.06. The lowest BCUT2D eigenvalue weighted by molar-refractivity contribution is 0.769. The fourth-order valence-electron chi connectivity index (χ4n) is 3.56. The predicted octanol–water partition coefficient (Wildman–Crippen LogP) is 4.32. The molecule has 0 bridgehead atoms. The summed E-state index contributed by atoms with van der Waals surface area (Å²) in [4.78, 5) is 9.21. The van der Waals surface area contributed by atoms with Crippen LogP contribution in [0.2, 0.25) is 0 Å². The van der Waals surface area contributed by atoms with Gasteiger partial charge in [0.15, 0.2) is 0 Å². The van der Waals surface area contributed by atoms with Gasteiger partial charge in [-0.2, -0.15) is 0 Å². The summed E-state index contributed by atoms with van der Waals surface area (Å²) in [5.74, 6) is 2.19. The van der Waals surface area contributed by atoms with E-state index in [1.54, 1.807) is 0 Å². The smallest absolute Gasteiger partial charge is 0.0466 e. The van der Waals surface area contributed by atoms with Crippen molar-refractivity contribution in [1.82, 2.24) is 9.97 Å². The maximum Gasteiger partial charge on any atom is 0.0466 e. The highest BCUT2D eigenvalue weighted by atomic mass is 14.7. The first-order valence-electron chi connectivity index (χ1n) is 8.10. The van der Waals surface area contributed by atoms with Crippen LogP contribution < -0.4 is 0 Å². The highest BCUT2D eigenvalue weighted by molar-refractivity contribution is 5.35. The number of aryl methyl sites for hydroxylation is 1. The molecule has 2 fully saturated rings. The molecule has 2 heteroatoms. The van der Waals surface area contributed by atoms with Crippen molar-refractivity contribution in [3.8, 4) is 0 Å². The summed E-state index contributed by atoms with van der Waals surface area (Å²) in [5.41, 5.74) is 6.97. The Hall–Kier alpha value is -1.70. The minimum Gasteiger partial charge on any atom is -0.261 e. The van der Waals surface area contributed by atoms with Crippen LogP contribution in [0.1, 0.15) is 59.2 Å². The Balaban J connectivity index is 1.51. The molecule has 2 heterocycles. The number of rotatable bonds is 4. The molecule has 2 aliphatic rings. The van der Waals surface area contributed by atoms with Crippen molar-refractivity contribution < 1.29 is 0 Å². The summed E-state index contributed by atoms with van der Waals surface area (Å²) < 4.78 is 0. The van der Waals surface area contributed by atoms with E-state index in [1.165, 1.54) is 53.8 Å². The SMILES string of the molecule is Cc1cccnc1C1CC1Cc1ccnc(C2CC2)c1C. The summed E-state index contributed by atoms with van der Waals surface area (Å²) >= 11 is 0. The molecule has 0 amide bonds. The average Bonchev–Trinajstić information content (AvgIpc) is 3.36. The molecule has 21 heavy (non-hydrogen) atoms. The van der Waals surface area contributed by atoms with Crippen LogP contribution in [0.15, 0.2) is 30.6 Å². The number of pyridine rings is 2. The van der Waals surface area contributed by atoms with E-state index >= 15 is 0 Å². The number of aromatic nitrogens is 2. The van der Waals surface area contributed by atoms with Crippen molar-refractivity contribution in [1.29, 1.82) is 0 Å². The van der Waals surface area contributed by atoms with Crippen LogP contribution in [0.25, 0.3) is 0 Å². The van der Waals surface area contributed by atoms with Crippen LogP contribution >= 0.6 is 0 Å². The highest BCUT2D eigenvalue weighted by Crippen LogP contribution is 2.50. The third-order valence-electron chi connectivity index (χ3n) is 5.13. The Morgan fingerprint density at radius 2 is 1.86 bits per heavy atom. The van der Waals surface area contributed by atoms with Gasteiger partial charge in [0.2, 0.25) is 0 Å². The van der Waals surface area contributed by atoms with E-state index in [9.17, 15) is 0 Å². The monoisotopic (exact) mass is 278 g/mol. The summed E-state index contributed by atoms with van der Waals surface area (Å²) in [7, 11) is 0. The number of hydrogen-bond acceptors (Lipinski definition) is 2. The van der Waals surface area contributed by atoms with Gasteiger partial charge in [-0.3, -0.25) is 9.97 Å². The molecule has 2 aromatic rings. The second-order valence-electron chi connectivity index (χ2n) is 6.77. The molecule has 2 nitrogen and oxygen atoms in total. The normalized spacial score (nSPS) is 24.1. The zero-order chi connectivity index (χ0) is 14.4. The van der Waals surface area contributed by atoms with E-state index in [0.717, 1.165) is 11.8 Å². The van der Waals surface area contributed by atoms with E-state index in [0.29, 0.717) is 5.92 Å². The lowest BCUT2D eigenvalue weighted by Crippen LogP contribution is -2.00. The van der Waals surface area contributed by atoms with Crippen LogP contribution in [0.4, 0.5) is 0 Å². The van der Waals surface area contributed by atoms with Crippen molar-refractivity contribution in [2.45, 2.75) is 51.4 Å². The van der Waals surface area contributed by atoms with Crippen molar-refractivity contribution in [3.63, 3.8) is 0 Å². The Labute approximate surface area is 126 Å². The van der Waals surface area contributed by atoms with E-state index in [4.69, 9.17) is 0 Å². The molecule has 0 aliphatic heterocycles. The van der Waals surface area contributed by atoms with Crippen molar-refractivity contribution >= 4 is 0 Å². The first kappa shape index (κ1) is 13.0. The average molecular weight is 278 g/mol. The number of nitrogens with zero attached hydrogens (tertiary/aromatic N) is 2. The summed E-state index contributed by atoms with van der Waals surface area (Å²) in [5, 5.41) is 0. The Morgan fingerprint density at radius 3 is 2.62 bits per heavy atom. The van der Waals surface area contributed by atoms with Gasteiger partial charge in [-0.05, 0) is 74.3 Å². The Bertz CT molecular complexity index is 673. The van der Waals surface area contributed by atoms with Gasteiger partial charge < -0.3 is 0 Å². The standard InChI is InChI=1S/C19H22N2/c1-12-4-3-8-20-18(12)17-11-16(17)10-15-7-9-21-19(13(15)2)14-5-6-14/h3-4,7-9,14,16-17H,5-6,10-11H2,1-2H3. The zero-order valence-corrected chi connectivity index (χ0v) is 12.8. The fraction of sp³-hybridized carbons (Fsp3) is 0.474. The van der Waals surface area contributed by atoms with Gasteiger partial charge >= 0.3 is 0 Å². The van der Waals surface area contributed by atoms with Gasteiger partial charge in [0, 0.05) is 35.6 Å². The summed E-state index contributed by atoms with van der Waals surface area (Å²) in [6.45, 7) is 4.44. The second kappa shape index (κ2) is 4.94. The lowest BCUT2D eigenvalue weighted by atomic mass is 9.99. The van der Waals surface area contributed by atoms with Crippen LogP contribution in [0, 0.1) is 19.8 Å². The third kappa shape index (κ3) is 2.48. The molecule has 2 aromatic heterocycles. The van der Waals surface area contributed by atoms with Gasteiger partial charge in [-0.1, -0.05) is 6.07 Å². The third-order valence-corrected chi connectivity index (χ3v) is 5.13. The quantitative estimate of drug-likeness (QED) is 0.832. The van der Waals surface area contributed by atoms with Gasteiger partial charge in [0.05, 0.1) is 0 Å². The maximum atomic E-state index is 4.61. The van der Waals surface area contributed by atoms with Gasteiger partial charge in [-0.25, -0.2) is 0 Å². The zero-order valence-electron chi connectivity index (χ0n) is 12.8. The molecular weight excluding hydrogens is 256 g/mol. The molecular formula is C19H22N2. The minimum absolute atomic E-state index is 0.670. The first-order valence-corrected chi connectivity index (χ1v) is 8.10. The van der Waals surface area contributed by atoms with Crippen molar-refractivity contribution in [2.24, 2.45) is 5.92 Å². The molecule has 108 valence electrons. The van der Waals surface area contributed by atoms with Crippen LogP contribution in [0.3, 0.4) is 0 Å². The van der Waals surface area contributed by atoms with Crippen molar-refractivity contribution in [3.05, 3.63) is 58.7 Å². The predicted molar refractivity (Wildman–Crippen MR) is 84.5 cm³/mol. The highest BCUT2D eigenvalue weighted by Gasteiger charge is 2.40. The fourth-order valence-corrected chi connectivity index (χ4v) is 3.56. The van der Waals surface area contributed by atoms with E-state index in [1.807, 2.05) is 18.5 Å². The number of hydrogen-bond donors (Lipinski definition) is 0. The second-order valence-corrected chi connectivity index (χ2v) is 6.77. The first-order chi connectivity index (χ1) is 10.2. The van der Waals surface area contributed by atoms with Crippen LogP contribution in [-0.2, 0) is 6.42 Å². The van der Waals surface area contributed by atoms with Gasteiger partial charge in [0.25, 0.3) is 0 Å². The molecule has 0 aromatic carbocycles. The largest absolute Gasteiger partial charge is 0.261 e. The van der Waals surface area contributed by atoms with Crippen LogP contribution in [-0.4, -0.2) is 9.97 Å². The molecule has 2 atom stereocenters. The molecule has 0 N–H and O–H groups in total. The summed E-state index contributed by atoms with van der Waals surface area (Å²) in [6.07, 6.45) is 9.08. The Morgan fingerprint density at radius 1 is 1.05 bits per heavy atom. The van der Waals surface area contributed by atoms with Gasteiger partial charge in [0.1, 0.15) is 0 Å². The lowest BCUT2D eigenvalue weighted by Gasteiger charge is -2.10. The molecule has 2 aliphatic carbocycles. The van der Waals surface area contributed by atoms with Gasteiger partial charge in [-0.15, -0.1) is 0 Å². The molecule has 0 radical (unpaired) electrons. The van der Waals surface area contributed by atoms with Crippen molar-refractivity contribution in [2.75, 3.05) is 0 Å². The maximum absolute atomic E-state index is 4.61. The molecule has 0 spiro atoms. The molecule has 4 rings (SSSR count).